The molecule has 2 aromatic heterocycles. The molecule has 0 aliphatic carbocycles. The number of amides is 2. The highest BCUT2D eigenvalue weighted by molar-refractivity contribution is 8.14. The minimum absolute atomic E-state index is 0.134. The predicted octanol–water partition coefficient (Wildman–Crippen LogP) is 4.54. The normalized spacial score (nSPS) is 19.4. The summed E-state index contributed by atoms with van der Waals surface area (Å²) in [5.74, 6) is -4.74. The Hall–Kier alpha value is -4.85. The monoisotopic (exact) mass is 607 g/mol. The number of hydrogen-bond donors (Lipinski definition) is 2. The maximum Gasteiger partial charge on any atom is 0.277 e. The number of fused-ring (bicyclic) bond motifs is 1. The quantitative estimate of drug-likeness (QED) is 0.321. The average Bonchev–Trinajstić information content (AvgIpc) is 3.38. The fourth-order valence-corrected chi connectivity index (χ4v) is 6.54. The summed E-state index contributed by atoms with van der Waals surface area (Å²) in [6.45, 7) is 0.690. The van der Waals surface area contributed by atoms with Gasteiger partial charge in [-0.2, -0.15) is 0 Å². The van der Waals surface area contributed by atoms with Gasteiger partial charge >= 0.3 is 0 Å². The van der Waals surface area contributed by atoms with Gasteiger partial charge in [0.25, 0.3) is 11.8 Å². The molecule has 1 fully saturated rings. The molecule has 0 bridgehead atoms. The van der Waals surface area contributed by atoms with Crippen molar-refractivity contribution in [3.05, 3.63) is 113 Å². The number of halogens is 4. The molecule has 0 unspecified atom stereocenters. The van der Waals surface area contributed by atoms with Gasteiger partial charge in [-0.05, 0) is 30.3 Å². The van der Waals surface area contributed by atoms with E-state index in [-0.39, 0.29) is 41.4 Å². The molecule has 2 aromatic carbocycles. The van der Waals surface area contributed by atoms with Crippen LogP contribution in [0.15, 0.2) is 78.2 Å². The van der Waals surface area contributed by atoms with Crippen molar-refractivity contribution >= 4 is 40.4 Å². The minimum atomic E-state index is -1.15. The molecule has 1 saturated heterocycles. The molecule has 9 nitrogen and oxygen atoms in total. The summed E-state index contributed by atoms with van der Waals surface area (Å²) in [4.78, 5) is 43.7. The average molecular weight is 608 g/mol. The second-order valence-corrected chi connectivity index (χ2v) is 11.2. The molecular formula is C29H21F4N7O2S. The summed E-state index contributed by atoms with van der Waals surface area (Å²) < 4.78 is 55.7. The number of thioether (sulfide) groups is 1. The van der Waals surface area contributed by atoms with Crippen LogP contribution in [0.1, 0.15) is 26.4 Å². The van der Waals surface area contributed by atoms with E-state index in [0.29, 0.717) is 24.4 Å². The minimum Gasteiger partial charge on any atom is -0.339 e. The van der Waals surface area contributed by atoms with Gasteiger partial charge < -0.3 is 15.5 Å². The second kappa shape index (κ2) is 11.4. The summed E-state index contributed by atoms with van der Waals surface area (Å²) in [5, 5.41) is 5.56. The SMILES string of the molecule is O=C(NC1=NC[C@H]2CN(c3ncc(F)cn3)C[C@]2(c2cc(NC(=O)c3ncc(F)cc3F)ccc2F)S1)c1ccccc1. The Bertz CT molecular complexity index is 1740. The lowest BCUT2D eigenvalue weighted by Gasteiger charge is -2.37. The van der Waals surface area contributed by atoms with Crippen LogP contribution in [0.5, 0.6) is 0 Å². The number of nitrogens with one attached hydrogen (secondary N) is 2. The van der Waals surface area contributed by atoms with Gasteiger partial charge in [-0.15, -0.1) is 0 Å². The van der Waals surface area contributed by atoms with Gasteiger partial charge in [-0.3, -0.25) is 14.6 Å². The third kappa shape index (κ3) is 5.65. The molecule has 43 heavy (non-hydrogen) atoms. The number of benzene rings is 2. The zero-order chi connectivity index (χ0) is 30.1. The van der Waals surface area contributed by atoms with Crippen molar-refractivity contribution in [3.63, 3.8) is 0 Å². The van der Waals surface area contributed by atoms with E-state index in [1.807, 2.05) is 0 Å². The summed E-state index contributed by atoms with van der Waals surface area (Å²) in [7, 11) is 0. The Kier molecular flexibility index (Phi) is 7.52. The molecule has 4 heterocycles. The molecule has 0 spiro atoms. The van der Waals surface area contributed by atoms with E-state index in [1.165, 1.54) is 12.1 Å². The first-order chi connectivity index (χ1) is 20.7. The van der Waals surface area contributed by atoms with Gasteiger partial charge in [0.2, 0.25) is 5.95 Å². The third-order valence-electron chi connectivity index (χ3n) is 7.11. The number of nitrogens with zero attached hydrogens (tertiary/aromatic N) is 5. The van der Waals surface area contributed by atoms with Gasteiger partial charge in [-0.1, -0.05) is 30.0 Å². The molecule has 2 amide bonds. The largest absolute Gasteiger partial charge is 0.339 e. The second-order valence-electron chi connectivity index (χ2n) is 9.87. The van der Waals surface area contributed by atoms with Crippen LogP contribution in [0.4, 0.5) is 29.2 Å². The standard InChI is InChI=1S/C29H21F4N7O2S/c30-18-8-23(33)24(34-11-18)26(42)38-20-6-7-22(32)21(9-20)29-15-40(27-35-12-19(31)13-36-27)14-17(29)10-37-28(43-29)39-25(41)16-4-2-1-3-5-16/h1-9,11-13,17H,10,14-15H2,(H,38,42)(H,37,39,41)/t17-,29-/m0/s1. The molecule has 6 rings (SSSR count). The molecule has 0 radical (unpaired) electrons. The van der Waals surface area contributed by atoms with E-state index in [0.717, 1.165) is 30.2 Å². The maximum absolute atomic E-state index is 15.7. The van der Waals surface area contributed by atoms with Crippen molar-refractivity contribution in [2.24, 2.45) is 10.9 Å². The number of amidine groups is 1. The van der Waals surface area contributed by atoms with E-state index in [9.17, 15) is 22.8 Å². The van der Waals surface area contributed by atoms with Crippen molar-refractivity contribution in [1.29, 1.82) is 0 Å². The Morgan fingerprint density at radius 3 is 2.35 bits per heavy atom. The van der Waals surface area contributed by atoms with Gasteiger partial charge in [0.15, 0.2) is 22.5 Å². The number of hydrogen-bond acceptors (Lipinski definition) is 8. The first-order valence-electron chi connectivity index (χ1n) is 13.0. The van der Waals surface area contributed by atoms with Crippen molar-refractivity contribution in [1.82, 2.24) is 20.3 Å². The van der Waals surface area contributed by atoms with Crippen LogP contribution in [0.25, 0.3) is 0 Å². The van der Waals surface area contributed by atoms with Gasteiger partial charge in [0.1, 0.15) is 11.6 Å². The predicted molar refractivity (Wildman–Crippen MR) is 152 cm³/mol. The van der Waals surface area contributed by atoms with Crippen molar-refractivity contribution < 1.29 is 27.2 Å². The maximum atomic E-state index is 15.7. The van der Waals surface area contributed by atoms with Crippen LogP contribution in [0, 0.1) is 29.2 Å². The van der Waals surface area contributed by atoms with Crippen LogP contribution >= 0.6 is 11.8 Å². The van der Waals surface area contributed by atoms with Crippen molar-refractivity contribution in [2.75, 3.05) is 29.9 Å². The molecule has 2 aliphatic heterocycles. The smallest absolute Gasteiger partial charge is 0.277 e. The van der Waals surface area contributed by atoms with Crippen LogP contribution in [-0.2, 0) is 4.75 Å². The fraction of sp³-hybridized carbons (Fsp3) is 0.172. The lowest BCUT2D eigenvalue weighted by Crippen LogP contribution is -2.43. The Morgan fingerprint density at radius 2 is 1.60 bits per heavy atom. The molecule has 218 valence electrons. The summed E-state index contributed by atoms with van der Waals surface area (Å²) in [6, 6.07) is 13.0. The highest BCUT2D eigenvalue weighted by Crippen LogP contribution is 2.52. The lowest BCUT2D eigenvalue weighted by atomic mass is 9.87. The molecule has 2 aliphatic rings. The zero-order valence-electron chi connectivity index (χ0n) is 22.1. The molecule has 0 saturated carbocycles. The van der Waals surface area contributed by atoms with E-state index in [1.54, 1.807) is 35.2 Å². The summed E-state index contributed by atoms with van der Waals surface area (Å²) in [5.41, 5.74) is 0.0921. The van der Waals surface area contributed by atoms with E-state index >= 15 is 4.39 Å². The number of pyridine rings is 1. The van der Waals surface area contributed by atoms with E-state index in [2.05, 4.69) is 30.6 Å². The van der Waals surface area contributed by atoms with Crippen LogP contribution in [-0.4, -0.2) is 51.6 Å². The molecule has 2 atom stereocenters. The van der Waals surface area contributed by atoms with E-state index < -0.39 is 45.5 Å². The third-order valence-corrected chi connectivity index (χ3v) is 8.58. The number of aromatic nitrogens is 3. The molecule has 2 N–H and O–H groups in total. The Labute approximate surface area is 246 Å². The number of anilines is 2. The Balaban J connectivity index is 1.35. The molecule has 14 heteroatoms. The van der Waals surface area contributed by atoms with Crippen LogP contribution < -0.4 is 15.5 Å². The number of rotatable bonds is 5. The number of carbonyl (C=O) groups is 2. The number of aliphatic imine (C=N–C) groups is 1. The fourth-order valence-electron chi connectivity index (χ4n) is 5.11. The number of carbonyl (C=O) groups excluding carboxylic acids is 2. The highest BCUT2D eigenvalue weighted by Gasteiger charge is 2.53. The van der Waals surface area contributed by atoms with Gasteiger partial charge in [0, 0.05) is 48.4 Å². The summed E-state index contributed by atoms with van der Waals surface area (Å²) in [6.07, 6.45) is 2.78. The summed E-state index contributed by atoms with van der Waals surface area (Å²) >= 11 is 1.15. The van der Waals surface area contributed by atoms with E-state index in [4.69, 9.17) is 0 Å². The lowest BCUT2D eigenvalue weighted by molar-refractivity contribution is 0.0976. The Morgan fingerprint density at radius 1 is 0.860 bits per heavy atom. The first kappa shape index (κ1) is 28.3. The highest BCUT2D eigenvalue weighted by atomic mass is 32.2. The van der Waals surface area contributed by atoms with Gasteiger partial charge in [-0.25, -0.2) is 32.5 Å². The zero-order valence-corrected chi connectivity index (χ0v) is 22.9. The molecule has 4 aromatic rings. The first-order valence-corrected chi connectivity index (χ1v) is 13.8. The van der Waals surface area contributed by atoms with Crippen molar-refractivity contribution in [3.8, 4) is 0 Å². The topological polar surface area (TPSA) is 112 Å². The van der Waals surface area contributed by atoms with Crippen LogP contribution in [0.3, 0.4) is 0 Å². The van der Waals surface area contributed by atoms with Crippen molar-refractivity contribution in [2.45, 2.75) is 4.75 Å². The van der Waals surface area contributed by atoms with Gasteiger partial charge in [0.05, 0.1) is 23.3 Å². The van der Waals surface area contributed by atoms with Crippen LogP contribution in [0.2, 0.25) is 0 Å². The molecular weight excluding hydrogens is 586 g/mol.